The van der Waals surface area contributed by atoms with Gasteiger partial charge in [0.25, 0.3) is 0 Å². The molecule has 0 aliphatic carbocycles. The first-order chi connectivity index (χ1) is 9.15. The molecule has 19 heavy (non-hydrogen) atoms. The highest BCUT2D eigenvalue weighted by Gasteiger charge is 2.23. The smallest absolute Gasteiger partial charge is 0.178 e. The van der Waals surface area contributed by atoms with Crippen LogP contribution in [0.25, 0.3) is 0 Å². The van der Waals surface area contributed by atoms with Gasteiger partial charge in [-0.1, -0.05) is 48.5 Å². The minimum atomic E-state index is -0.751. The van der Waals surface area contributed by atoms with Crippen LogP contribution in [-0.2, 0) is 4.79 Å². The van der Waals surface area contributed by atoms with E-state index in [1.54, 1.807) is 18.2 Å². The number of rotatable bonds is 4. The summed E-state index contributed by atoms with van der Waals surface area (Å²) in [6, 6.07) is 14.6. The SMILES string of the molecule is Cc1cccc(C(=O)C(C=O)c2ccccc2)c1Br. The Morgan fingerprint density at radius 1 is 1.11 bits per heavy atom. The molecule has 0 heterocycles. The molecule has 0 aliphatic rings. The number of benzene rings is 2. The fraction of sp³-hybridized carbons (Fsp3) is 0.125. The Bertz CT molecular complexity index is 605. The molecule has 1 atom stereocenters. The van der Waals surface area contributed by atoms with E-state index in [0.29, 0.717) is 11.8 Å². The molecule has 0 aliphatic heterocycles. The van der Waals surface area contributed by atoms with E-state index < -0.39 is 5.92 Å². The third kappa shape index (κ3) is 2.82. The molecule has 2 aromatic carbocycles. The van der Waals surface area contributed by atoms with E-state index in [1.165, 1.54) is 0 Å². The zero-order valence-electron chi connectivity index (χ0n) is 10.5. The highest BCUT2D eigenvalue weighted by molar-refractivity contribution is 9.10. The van der Waals surface area contributed by atoms with Crippen molar-refractivity contribution in [1.29, 1.82) is 0 Å². The van der Waals surface area contributed by atoms with E-state index in [2.05, 4.69) is 15.9 Å². The van der Waals surface area contributed by atoms with Crippen LogP contribution in [0.1, 0.15) is 27.4 Å². The van der Waals surface area contributed by atoms with Crippen LogP contribution in [0.4, 0.5) is 0 Å². The lowest BCUT2D eigenvalue weighted by Crippen LogP contribution is -2.15. The van der Waals surface area contributed by atoms with Crippen molar-refractivity contribution in [3.63, 3.8) is 0 Å². The number of aryl methyl sites for hydroxylation is 1. The van der Waals surface area contributed by atoms with Crippen molar-refractivity contribution >= 4 is 28.0 Å². The normalized spacial score (nSPS) is 11.9. The molecule has 0 saturated heterocycles. The van der Waals surface area contributed by atoms with Crippen molar-refractivity contribution in [2.24, 2.45) is 0 Å². The van der Waals surface area contributed by atoms with Crippen LogP contribution < -0.4 is 0 Å². The predicted molar refractivity (Wildman–Crippen MR) is 78.5 cm³/mol. The molecule has 0 bridgehead atoms. The highest BCUT2D eigenvalue weighted by atomic mass is 79.9. The third-order valence-corrected chi connectivity index (χ3v) is 4.09. The van der Waals surface area contributed by atoms with E-state index in [0.717, 1.165) is 15.6 Å². The molecule has 0 spiro atoms. The Labute approximate surface area is 120 Å². The van der Waals surface area contributed by atoms with E-state index in [-0.39, 0.29) is 5.78 Å². The van der Waals surface area contributed by atoms with Crippen LogP contribution >= 0.6 is 15.9 Å². The number of halogens is 1. The van der Waals surface area contributed by atoms with Gasteiger partial charge < -0.3 is 4.79 Å². The lowest BCUT2D eigenvalue weighted by molar-refractivity contribution is -0.108. The number of Topliss-reactive ketones (excluding diaryl/α,β-unsaturated/α-hetero) is 1. The van der Waals surface area contributed by atoms with Crippen LogP contribution in [0.15, 0.2) is 53.0 Å². The second-order valence-corrected chi connectivity index (χ2v) is 5.12. The Balaban J connectivity index is 2.42. The number of carbonyl (C=O) groups excluding carboxylic acids is 2. The Morgan fingerprint density at radius 3 is 2.42 bits per heavy atom. The topological polar surface area (TPSA) is 34.1 Å². The molecule has 3 heteroatoms. The van der Waals surface area contributed by atoms with Gasteiger partial charge in [0.2, 0.25) is 0 Å². The summed E-state index contributed by atoms with van der Waals surface area (Å²) in [5.41, 5.74) is 2.24. The largest absolute Gasteiger partial charge is 0.302 e. The van der Waals surface area contributed by atoms with E-state index in [1.807, 2.05) is 37.3 Å². The molecule has 96 valence electrons. The summed E-state index contributed by atoms with van der Waals surface area (Å²) >= 11 is 3.41. The lowest BCUT2D eigenvalue weighted by atomic mass is 9.91. The second kappa shape index (κ2) is 5.93. The number of ketones is 1. The number of carbonyl (C=O) groups is 2. The fourth-order valence-electron chi connectivity index (χ4n) is 1.96. The van der Waals surface area contributed by atoms with Crippen molar-refractivity contribution < 1.29 is 9.59 Å². The van der Waals surface area contributed by atoms with Crippen molar-refractivity contribution in [3.05, 3.63) is 69.7 Å². The molecule has 0 N–H and O–H groups in total. The zero-order chi connectivity index (χ0) is 13.8. The van der Waals surface area contributed by atoms with Crippen LogP contribution in [-0.4, -0.2) is 12.1 Å². The Hall–Kier alpha value is -1.74. The standard InChI is InChI=1S/C16H13BrO2/c1-11-6-5-9-13(15(11)17)16(19)14(10-18)12-7-3-2-4-8-12/h2-10,14H,1H3. The van der Waals surface area contributed by atoms with Gasteiger partial charge in [-0.05, 0) is 34.0 Å². The minimum absolute atomic E-state index is 0.184. The van der Waals surface area contributed by atoms with Gasteiger partial charge in [0.1, 0.15) is 12.2 Å². The van der Waals surface area contributed by atoms with Crippen LogP contribution in [0.5, 0.6) is 0 Å². The molecule has 0 saturated carbocycles. The van der Waals surface area contributed by atoms with Crippen molar-refractivity contribution in [2.75, 3.05) is 0 Å². The average Bonchev–Trinajstić information content (AvgIpc) is 2.44. The van der Waals surface area contributed by atoms with Gasteiger partial charge in [-0.25, -0.2) is 0 Å². The summed E-state index contributed by atoms with van der Waals surface area (Å²) in [6.45, 7) is 1.92. The van der Waals surface area contributed by atoms with Gasteiger partial charge >= 0.3 is 0 Å². The first-order valence-electron chi connectivity index (χ1n) is 5.94. The summed E-state index contributed by atoms with van der Waals surface area (Å²) in [6.07, 6.45) is 0.701. The summed E-state index contributed by atoms with van der Waals surface area (Å²) < 4.78 is 0.753. The first kappa shape index (κ1) is 13.7. The second-order valence-electron chi connectivity index (χ2n) is 4.33. The van der Waals surface area contributed by atoms with E-state index in [4.69, 9.17) is 0 Å². The van der Waals surface area contributed by atoms with Crippen molar-refractivity contribution in [1.82, 2.24) is 0 Å². The molecule has 0 aromatic heterocycles. The maximum absolute atomic E-state index is 12.5. The minimum Gasteiger partial charge on any atom is -0.302 e. The summed E-state index contributed by atoms with van der Waals surface area (Å²) in [5, 5.41) is 0. The van der Waals surface area contributed by atoms with Crippen molar-refractivity contribution in [3.8, 4) is 0 Å². The lowest BCUT2D eigenvalue weighted by Gasteiger charge is -2.12. The average molecular weight is 317 g/mol. The maximum Gasteiger partial charge on any atom is 0.178 e. The molecule has 0 amide bonds. The fourth-order valence-corrected chi connectivity index (χ4v) is 2.42. The van der Waals surface area contributed by atoms with Crippen LogP contribution in [0.2, 0.25) is 0 Å². The van der Waals surface area contributed by atoms with Crippen LogP contribution in [0, 0.1) is 6.92 Å². The Kier molecular flexibility index (Phi) is 4.27. The quantitative estimate of drug-likeness (QED) is 0.486. The van der Waals surface area contributed by atoms with Gasteiger partial charge in [0, 0.05) is 10.0 Å². The molecule has 1 unspecified atom stereocenters. The predicted octanol–water partition coefficient (Wildman–Crippen LogP) is 3.92. The molecule has 2 nitrogen and oxygen atoms in total. The molecule has 0 radical (unpaired) electrons. The van der Waals surface area contributed by atoms with Gasteiger partial charge in [-0.15, -0.1) is 0 Å². The molecule has 0 fully saturated rings. The maximum atomic E-state index is 12.5. The molecule has 2 rings (SSSR count). The van der Waals surface area contributed by atoms with E-state index >= 15 is 0 Å². The zero-order valence-corrected chi connectivity index (χ0v) is 12.1. The summed E-state index contributed by atoms with van der Waals surface area (Å²) in [7, 11) is 0. The van der Waals surface area contributed by atoms with Gasteiger partial charge in [0.05, 0.1) is 0 Å². The van der Waals surface area contributed by atoms with Crippen LogP contribution in [0.3, 0.4) is 0 Å². The molecular formula is C16H13BrO2. The summed E-state index contributed by atoms with van der Waals surface area (Å²) in [5.74, 6) is -0.934. The molecular weight excluding hydrogens is 304 g/mol. The van der Waals surface area contributed by atoms with E-state index in [9.17, 15) is 9.59 Å². The molecule has 2 aromatic rings. The summed E-state index contributed by atoms with van der Waals surface area (Å²) in [4.78, 5) is 23.8. The van der Waals surface area contributed by atoms with Gasteiger partial charge in [-0.3, -0.25) is 4.79 Å². The number of hydrogen-bond acceptors (Lipinski definition) is 2. The van der Waals surface area contributed by atoms with Gasteiger partial charge in [0.15, 0.2) is 5.78 Å². The number of aldehydes is 1. The monoisotopic (exact) mass is 316 g/mol. The first-order valence-corrected chi connectivity index (χ1v) is 6.74. The Morgan fingerprint density at radius 2 is 1.79 bits per heavy atom. The van der Waals surface area contributed by atoms with Crippen molar-refractivity contribution in [2.45, 2.75) is 12.8 Å². The number of hydrogen-bond donors (Lipinski definition) is 0. The third-order valence-electron chi connectivity index (χ3n) is 3.03. The highest BCUT2D eigenvalue weighted by Crippen LogP contribution is 2.26. The van der Waals surface area contributed by atoms with Gasteiger partial charge in [-0.2, -0.15) is 0 Å².